The van der Waals surface area contributed by atoms with Crippen molar-refractivity contribution < 1.29 is 14.4 Å². The van der Waals surface area contributed by atoms with Gasteiger partial charge in [-0.05, 0) is 44.0 Å². The highest BCUT2D eigenvalue weighted by molar-refractivity contribution is 5.97. The number of hydrogen-bond donors (Lipinski definition) is 1. The molecule has 2 aliphatic rings. The van der Waals surface area contributed by atoms with Gasteiger partial charge in [0.15, 0.2) is 5.69 Å². The number of anilines is 1. The van der Waals surface area contributed by atoms with Crippen LogP contribution >= 0.6 is 0 Å². The van der Waals surface area contributed by atoms with Crippen molar-refractivity contribution in [2.75, 3.05) is 25.0 Å². The van der Waals surface area contributed by atoms with E-state index in [1.807, 2.05) is 68.6 Å². The predicted octanol–water partition coefficient (Wildman–Crippen LogP) is 3.42. The van der Waals surface area contributed by atoms with Gasteiger partial charge in [-0.1, -0.05) is 35.9 Å². The second-order valence-electron chi connectivity index (χ2n) is 9.69. The first-order valence-electron chi connectivity index (χ1n) is 12.5. The number of hydrogen-bond acceptors (Lipinski definition) is 4. The molecule has 1 N–H and O–H groups in total. The molecule has 3 aromatic rings. The van der Waals surface area contributed by atoms with Crippen LogP contribution in [0.4, 0.5) is 5.69 Å². The molecule has 2 aliphatic heterocycles. The van der Waals surface area contributed by atoms with Crippen molar-refractivity contribution in [3.05, 3.63) is 82.7 Å². The van der Waals surface area contributed by atoms with Gasteiger partial charge in [0.1, 0.15) is 0 Å². The molecule has 1 aromatic heterocycles. The largest absolute Gasteiger partial charge is 0.336 e. The lowest BCUT2D eigenvalue weighted by atomic mass is 9.96. The summed E-state index contributed by atoms with van der Waals surface area (Å²) in [4.78, 5) is 43.1. The van der Waals surface area contributed by atoms with Crippen molar-refractivity contribution in [2.45, 2.75) is 32.7 Å². The van der Waals surface area contributed by atoms with Crippen molar-refractivity contribution in [1.82, 2.24) is 19.6 Å². The summed E-state index contributed by atoms with van der Waals surface area (Å²) in [6, 6.07) is 16.9. The minimum absolute atomic E-state index is 0.0430. The van der Waals surface area contributed by atoms with Crippen LogP contribution in [-0.2, 0) is 24.8 Å². The fourth-order valence-corrected chi connectivity index (χ4v) is 5.11. The summed E-state index contributed by atoms with van der Waals surface area (Å²) < 4.78 is 1.76. The van der Waals surface area contributed by atoms with E-state index in [2.05, 4.69) is 10.4 Å². The molecule has 0 saturated carbocycles. The Morgan fingerprint density at radius 2 is 1.69 bits per heavy atom. The first kappa shape index (κ1) is 23.8. The average Bonchev–Trinajstić information content (AvgIpc) is 3.24. The van der Waals surface area contributed by atoms with Gasteiger partial charge in [0, 0.05) is 55.6 Å². The first-order valence-corrected chi connectivity index (χ1v) is 12.5. The van der Waals surface area contributed by atoms with Gasteiger partial charge in [0.25, 0.3) is 11.8 Å². The number of fused-ring (bicyclic) bond motifs is 1. The number of nitrogens with one attached hydrogen (secondary N) is 1. The number of likely N-dealkylation sites (tertiary alicyclic amines) is 1. The monoisotopic (exact) mass is 485 g/mol. The average molecular weight is 486 g/mol. The van der Waals surface area contributed by atoms with Gasteiger partial charge in [-0.15, -0.1) is 0 Å². The van der Waals surface area contributed by atoms with Crippen LogP contribution in [0, 0.1) is 12.8 Å². The number of aromatic nitrogens is 2. The van der Waals surface area contributed by atoms with Crippen LogP contribution in [-0.4, -0.2) is 56.9 Å². The number of carbonyl (C=O) groups is 3. The zero-order valence-corrected chi connectivity index (χ0v) is 20.7. The molecule has 1 atom stereocenters. The fraction of sp³-hybridized carbons (Fsp3) is 0.357. The molecule has 5 rings (SSSR count). The number of amides is 3. The van der Waals surface area contributed by atoms with Gasteiger partial charge in [-0.25, -0.2) is 0 Å². The predicted molar refractivity (Wildman–Crippen MR) is 137 cm³/mol. The van der Waals surface area contributed by atoms with E-state index in [-0.39, 0.29) is 23.6 Å². The number of nitrogens with zero attached hydrogens (tertiary/aromatic N) is 4. The van der Waals surface area contributed by atoms with Crippen LogP contribution < -0.4 is 5.32 Å². The highest BCUT2D eigenvalue weighted by atomic mass is 16.2. The van der Waals surface area contributed by atoms with E-state index >= 15 is 0 Å². The van der Waals surface area contributed by atoms with Crippen molar-refractivity contribution in [3.63, 3.8) is 0 Å². The van der Waals surface area contributed by atoms with E-state index in [4.69, 9.17) is 0 Å². The maximum atomic E-state index is 13.6. The summed E-state index contributed by atoms with van der Waals surface area (Å²) in [5.74, 6) is -0.564. The van der Waals surface area contributed by atoms with Crippen molar-refractivity contribution in [3.8, 4) is 0 Å². The molecule has 2 aromatic carbocycles. The van der Waals surface area contributed by atoms with Crippen molar-refractivity contribution in [2.24, 2.45) is 13.0 Å². The van der Waals surface area contributed by atoms with Gasteiger partial charge < -0.3 is 15.1 Å². The van der Waals surface area contributed by atoms with Gasteiger partial charge in [-0.3, -0.25) is 19.1 Å². The number of para-hydroxylation sites is 1. The van der Waals surface area contributed by atoms with Crippen LogP contribution in [0.15, 0.2) is 54.6 Å². The fourth-order valence-electron chi connectivity index (χ4n) is 5.11. The first-order chi connectivity index (χ1) is 17.4. The molecule has 0 bridgehead atoms. The SMILES string of the molecule is Cc1ccc(C(=O)N2CCc3c(c(C(=O)N4CCC[C@H](C(=O)Nc5ccccc5)C4)nn3C)C2)cc1. The van der Waals surface area contributed by atoms with E-state index in [0.29, 0.717) is 43.9 Å². The Bertz CT molecular complexity index is 1280. The standard InChI is InChI=1S/C28H31N5O3/c1-19-10-12-20(13-11-19)27(35)33-16-14-24-23(18-33)25(30-31(24)2)28(36)32-15-6-7-21(17-32)26(34)29-22-8-4-3-5-9-22/h3-5,8-13,21H,6-7,14-18H2,1-2H3,(H,29,34)/t21-/m0/s1. The molecule has 0 radical (unpaired) electrons. The summed E-state index contributed by atoms with van der Waals surface area (Å²) in [6.45, 7) is 3.87. The maximum absolute atomic E-state index is 13.6. The maximum Gasteiger partial charge on any atom is 0.274 e. The summed E-state index contributed by atoms with van der Waals surface area (Å²) in [5.41, 5.74) is 4.68. The molecular formula is C28H31N5O3. The van der Waals surface area contributed by atoms with Crippen LogP contribution in [0.5, 0.6) is 0 Å². The van der Waals surface area contributed by atoms with Crippen LogP contribution in [0.1, 0.15) is 50.5 Å². The smallest absolute Gasteiger partial charge is 0.274 e. The van der Waals surface area contributed by atoms with Gasteiger partial charge in [0.05, 0.1) is 12.5 Å². The lowest BCUT2D eigenvalue weighted by Gasteiger charge is -2.32. The Kier molecular flexibility index (Phi) is 6.59. The molecule has 0 spiro atoms. The molecule has 0 unspecified atom stereocenters. The Labute approximate surface area is 210 Å². The van der Waals surface area contributed by atoms with Gasteiger partial charge in [-0.2, -0.15) is 5.10 Å². The Balaban J connectivity index is 1.31. The van der Waals surface area contributed by atoms with Gasteiger partial charge in [0.2, 0.25) is 5.91 Å². The molecule has 0 aliphatic carbocycles. The Hall–Kier alpha value is -3.94. The van der Waals surface area contributed by atoms with Crippen molar-refractivity contribution >= 4 is 23.4 Å². The normalized spacial score (nSPS) is 17.4. The molecule has 3 amide bonds. The van der Waals surface area contributed by atoms with Crippen LogP contribution in [0.2, 0.25) is 0 Å². The Morgan fingerprint density at radius 3 is 2.44 bits per heavy atom. The number of benzene rings is 2. The molecular weight excluding hydrogens is 454 g/mol. The number of carbonyl (C=O) groups excluding carboxylic acids is 3. The summed E-state index contributed by atoms with van der Waals surface area (Å²) in [6.07, 6.45) is 2.14. The third-order valence-corrected chi connectivity index (χ3v) is 7.15. The van der Waals surface area contributed by atoms with E-state index in [9.17, 15) is 14.4 Å². The Morgan fingerprint density at radius 1 is 0.944 bits per heavy atom. The molecule has 186 valence electrons. The minimum atomic E-state index is -0.276. The summed E-state index contributed by atoms with van der Waals surface area (Å²) in [5, 5.41) is 7.53. The zero-order valence-electron chi connectivity index (χ0n) is 20.7. The van der Waals surface area contributed by atoms with Crippen LogP contribution in [0.3, 0.4) is 0 Å². The molecule has 1 fully saturated rings. The minimum Gasteiger partial charge on any atom is -0.336 e. The number of rotatable bonds is 4. The molecule has 1 saturated heterocycles. The third-order valence-electron chi connectivity index (χ3n) is 7.15. The molecule has 36 heavy (non-hydrogen) atoms. The van der Waals surface area contributed by atoms with E-state index < -0.39 is 0 Å². The highest BCUT2D eigenvalue weighted by Crippen LogP contribution is 2.27. The zero-order chi connectivity index (χ0) is 25.2. The second-order valence-corrected chi connectivity index (χ2v) is 9.69. The number of piperidine rings is 1. The molecule has 8 heteroatoms. The molecule has 8 nitrogen and oxygen atoms in total. The third kappa shape index (κ3) is 4.76. The summed E-state index contributed by atoms with van der Waals surface area (Å²) >= 11 is 0. The quantitative estimate of drug-likeness (QED) is 0.614. The lowest BCUT2D eigenvalue weighted by molar-refractivity contribution is -0.121. The van der Waals surface area contributed by atoms with Gasteiger partial charge >= 0.3 is 0 Å². The highest BCUT2D eigenvalue weighted by Gasteiger charge is 2.34. The van der Waals surface area contributed by atoms with E-state index in [1.165, 1.54) is 0 Å². The van der Waals surface area contributed by atoms with Crippen molar-refractivity contribution in [1.29, 1.82) is 0 Å². The summed E-state index contributed by atoms with van der Waals surface area (Å²) in [7, 11) is 1.85. The lowest BCUT2D eigenvalue weighted by Crippen LogP contribution is -2.44. The van der Waals surface area contributed by atoms with E-state index in [1.54, 1.807) is 14.5 Å². The number of aryl methyl sites for hydroxylation is 2. The molecule has 3 heterocycles. The van der Waals surface area contributed by atoms with E-state index in [0.717, 1.165) is 35.3 Å². The topological polar surface area (TPSA) is 87.5 Å². The second kappa shape index (κ2) is 9.97. The van der Waals surface area contributed by atoms with Crippen LogP contribution in [0.25, 0.3) is 0 Å².